The van der Waals surface area contributed by atoms with E-state index in [4.69, 9.17) is 14.5 Å². The molecule has 1 aliphatic rings. The molecule has 0 spiro atoms. The molecule has 4 nitrogen and oxygen atoms in total. The first-order valence-electron chi connectivity index (χ1n) is 6.18. The number of aromatic nitrogens is 2. The number of aryl methyl sites for hydroxylation is 1. The summed E-state index contributed by atoms with van der Waals surface area (Å²) in [6, 6.07) is 5.85. The zero-order valence-corrected chi connectivity index (χ0v) is 16.0. The van der Waals surface area contributed by atoms with Crippen molar-refractivity contribution in [3.8, 4) is 22.9 Å². The van der Waals surface area contributed by atoms with Gasteiger partial charge in [-0.15, -0.1) is 0 Å². The van der Waals surface area contributed by atoms with Crippen LogP contribution in [0, 0.1) is 10.5 Å². The Balaban J connectivity index is 1.90. The first kappa shape index (κ1) is 13.9. The molecule has 7 heteroatoms. The number of rotatable bonds is 2. The van der Waals surface area contributed by atoms with Crippen molar-refractivity contribution in [3.63, 3.8) is 0 Å². The number of nitrogens with zero attached hydrogens (tertiary/aromatic N) is 2. The van der Waals surface area contributed by atoms with E-state index in [0.29, 0.717) is 0 Å². The molecule has 0 saturated heterocycles. The van der Waals surface area contributed by atoms with Gasteiger partial charge in [0.15, 0.2) is 0 Å². The van der Waals surface area contributed by atoms with Crippen LogP contribution >= 0.6 is 30.0 Å². The molecule has 0 bridgehead atoms. The van der Waals surface area contributed by atoms with Crippen LogP contribution in [0.3, 0.4) is 0 Å². The summed E-state index contributed by atoms with van der Waals surface area (Å²) in [6.07, 6.45) is 0. The summed E-state index contributed by atoms with van der Waals surface area (Å²) in [5.41, 5.74) is 3.12. The van der Waals surface area contributed by atoms with Crippen molar-refractivity contribution in [1.82, 2.24) is 9.97 Å². The molecule has 0 fully saturated rings. The fourth-order valence-corrected chi connectivity index (χ4v) is 7.76. The van der Waals surface area contributed by atoms with Gasteiger partial charge >= 0.3 is 146 Å². The van der Waals surface area contributed by atoms with Gasteiger partial charge in [0.05, 0.1) is 0 Å². The van der Waals surface area contributed by atoms with Crippen LogP contribution in [0.15, 0.2) is 23.6 Å². The van der Waals surface area contributed by atoms with Crippen molar-refractivity contribution in [2.75, 3.05) is 6.79 Å². The summed E-state index contributed by atoms with van der Waals surface area (Å²) in [7, 11) is 0. The second-order valence-corrected chi connectivity index (χ2v) is 9.72. The number of hydrogen-bond acceptors (Lipinski definition) is 5. The number of halogens is 2. The molecule has 3 heterocycles. The molecule has 0 unspecified atom stereocenters. The third-order valence-electron chi connectivity index (χ3n) is 3.25. The van der Waals surface area contributed by atoms with Gasteiger partial charge in [-0.05, 0) is 0 Å². The van der Waals surface area contributed by atoms with Crippen LogP contribution in [-0.4, -0.2) is 16.8 Å². The maximum atomic E-state index is 5.44. The number of hydrogen-bond donors (Lipinski definition) is 0. The number of thiophene rings is 1. The summed E-state index contributed by atoms with van der Waals surface area (Å²) in [5, 5.41) is 2.22. The molecule has 1 aliphatic heterocycles. The molecule has 3 aromatic rings. The standard InChI is InChI=1S/C14H9I2N2O2S/c1-7-13-12(9(16-15)5-21-13)18-14(17-7)8-2-3-10-11(4-8)20-6-19-10/h2-5H,6H2,1H3/q-1. The van der Waals surface area contributed by atoms with Crippen molar-refractivity contribution in [2.24, 2.45) is 0 Å². The van der Waals surface area contributed by atoms with Crippen molar-refractivity contribution in [3.05, 3.63) is 32.8 Å². The van der Waals surface area contributed by atoms with Crippen LogP contribution in [0.5, 0.6) is 11.5 Å². The van der Waals surface area contributed by atoms with Crippen molar-refractivity contribution in [2.45, 2.75) is 6.92 Å². The quantitative estimate of drug-likeness (QED) is 0.471. The average molecular weight is 523 g/mol. The molecule has 0 saturated carbocycles. The fourth-order valence-electron chi connectivity index (χ4n) is 2.25. The molecule has 0 N–H and O–H groups in total. The summed E-state index contributed by atoms with van der Waals surface area (Å²) in [5.74, 6) is 2.30. The van der Waals surface area contributed by atoms with E-state index in [1.165, 1.54) is 8.27 Å². The third-order valence-corrected chi connectivity index (χ3v) is 8.96. The Morgan fingerprint density at radius 2 is 2.10 bits per heavy atom. The molecule has 0 amide bonds. The summed E-state index contributed by atoms with van der Waals surface area (Å²) in [6.45, 7) is 2.33. The Bertz CT molecular complexity index is 850. The van der Waals surface area contributed by atoms with E-state index in [1.54, 1.807) is 11.3 Å². The van der Waals surface area contributed by atoms with Gasteiger partial charge in [-0.25, -0.2) is 0 Å². The van der Waals surface area contributed by atoms with E-state index < -0.39 is 0 Å². The van der Waals surface area contributed by atoms with Crippen molar-refractivity contribution >= 4 is 40.2 Å². The number of benzene rings is 1. The Kier molecular flexibility index (Phi) is 3.66. The van der Waals surface area contributed by atoms with Crippen molar-refractivity contribution < 1.29 is 26.7 Å². The van der Waals surface area contributed by atoms with E-state index in [1.807, 2.05) is 25.1 Å². The molecule has 108 valence electrons. The van der Waals surface area contributed by atoms with Gasteiger partial charge in [0.25, 0.3) is 0 Å². The summed E-state index contributed by atoms with van der Waals surface area (Å²) < 4.78 is 13.4. The normalized spacial score (nSPS) is 13.2. The van der Waals surface area contributed by atoms with Crippen LogP contribution in [0.1, 0.15) is 5.69 Å². The molecule has 4 rings (SSSR count). The van der Waals surface area contributed by atoms with Crippen LogP contribution in [-0.2, 0) is 0 Å². The van der Waals surface area contributed by atoms with Crippen LogP contribution in [0.2, 0.25) is 0 Å². The Hall–Kier alpha value is -0.680. The molecule has 2 aromatic heterocycles. The number of ether oxygens (including phenoxy) is 2. The average Bonchev–Trinajstić information content (AvgIpc) is 3.12. The predicted molar refractivity (Wildman–Crippen MR) is 86.4 cm³/mol. The van der Waals surface area contributed by atoms with E-state index in [9.17, 15) is 0 Å². The van der Waals surface area contributed by atoms with Gasteiger partial charge in [0, 0.05) is 0 Å². The van der Waals surface area contributed by atoms with E-state index in [-0.39, 0.29) is 24.0 Å². The first-order valence-corrected chi connectivity index (χ1v) is 14.4. The van der Waals surface area contributed by atoms with Gasteiger partial charge in [-0.2, -0.15) is 0 Å². The molecule has 21 heavy (non-hydrogen) atoms. The van der Waals surface area contributed by atoms with E-state index >= 15 is 0 Å². The Labute approximate surface area is 145 Å². The van der Waals surface area contributed by atoms with Crippen LogP contribution in [0.4, 0.5) is 0 Å². The fraction of sp³-hybridized carbons (Fsp3) is 0.143. The second kappa shape index (κ2) is 5.51. The molecule has 1 aromatic carbocycles. The zero-order chi connectivity index (χ0) is 14.4. The number of fused-ring (bicyclic) bond motifs is 2. The molecular weight excluding hydrogens is 514 g/mol. The van der Waals surface area contributed by atoms with Gasteiger partial charge < -0.3 is 0 Å². The minimum absolute atomic E-state index is 0.0104. The van der Waals surface area contributed by atoms with Crippen LogP contribution in [0.25, 0.3) is 21.6 Å². The molecular formula is C14H9I2N2O2S-. The zero-order valence-electron chi connectivity index (χ0n) is 10.9. The van der Waals surface area contributed by atoms with Crippen molar-refractivity contribution in [1.29, 1.82) is 0 Å². The second-order valence-electron chi connectivity index (χ2n) is 4.53. The molecule has 0 aliphatic carbocycles. The van der Waals surface area contributed by atoms with Gasteiger partial charge in [0.2, 0.25) is 0 Å². The molecule has 0 radical (unpaired) electrons. The maximum absolute atomic E-state index is 5.44. The van der Waals surface area contributed by atoms with Gasteiger partial charge in [0.1, 0.15) is 0 Å². The first-order chi connectivity index (χ1) is 10.3. The van der Waals surface area contributed by atoms with Gasteiger partial charge in [-0.1, -0.05) is 0 Å². The topological polar surface area (TPSA) is 44.2 Å². The van der Waals surface area contributed by atoms with Gasteiger partial charge in [-0.3, -0.25) is 0 Å². The van der Waals surface area contributed by atoms with E-state index in [2.05, 4.69) is 29.0 Å². The summed E-state index contributed by atoms with van der Waals surface area (Å²) >= 11 is 4.21. The third kappa shape index (κ3) is 2.38. The SMILES string of the molecule is Cc1nc(-c2ccc3c(c2)OCO3)nc2c([I-]I)csc12. The van der Waals surface area contributed by atoms with Crippen LogP contribution < -0.4 is 26.7 Å². The predicted octanol–water partition coefficient (Wildman–Crippen LogP) is 1.00. The minimum atomic E-state index is -0.0104. The van der Waals surface area contributed by atoms with E-state index in [0.717, 1.165) is 34.1 Å². The Morgan fingerprint density at radius 1 is 1.24 bits per heavy atom. The molecule has 0 atom stereocenters. The monoisotopic (exact) mass is 523 g/mol. The summed E-state index contributed by atoms with van der Waals surface area (Å²) in [4.78, 5) is 9.45. The Morgan fingerprint density at radius 3 is 2.95 bits per heavy atom.